The molecular weight excluding hydrogens is 150 g/mol. The van der Waals surface area contributed by atoms with Crippen molar-refractivity contribution in [2.75, 3.05) is 0 Å². The van der Waals surface area contributed by atoms with Crippen LogP contribution >= 0.6 is 0 Å². The Bertz CT molecular complexity index is 148. The Morgan fingerprint density at radius 1 is 1.33 bits per heavy atom. The molecule has 0 bridgehead atoms. The Morgan fingerprint density at radius 2 is 2.00 bits per heavy atom. The molecule has 0 aliphatic heterocycles. The molecule has 1 rings (SSSR count). The highest BCUT2D eigenvalue weighted by Gasteiger charge is 2.13. The number of allylic oxidation sites excluding steroid dienone is 1. The van der Waals surface area contributed by atoms with E-state index in [2.05, 4.69) is 5.43 Å². The Balaban J connectivity index is 2.24. The van der Waals surface area contributed by atoms with Crippen molar-refractivity contribution in [3.05, 3.63) is 11.9 Å². The van der Waals surface area contributed by atoms with Crippen LogP contribution in [0.15, 0.2) is 11.9 Å². The fourth-order valence-electron chi connectivity index (χ4n) is 1.89. The monoisotopic (exact) mass is 169 g/mol. The van der Waals surface area contributed by atoms with Crippen LogP contribution in [0.5, 0.6) is 0 Å². The van der Waals surface area contributed by atoms with E-state index < -0.39 is 0 Å². The molecule has 5 N–H and O–H groups in total. The molecule has 0 saturated heterocycles. The molecule has 0 atom stereocenters. The molecule has 0 amide bonds. The number of nitrogens with one attached hydrogen (secondary N) is 1. The molecule has 0 aromatic heterocycles. The molecule has 1 aliphatic rings. The molecule has 0 heterocycles. The highest BCUT2D eigenvalue weighted by atomic mass is 15.2. The predicted octanol–water partition coefficient (Wildman–Crippen LogP) is 1.22. The molecule has 12 heavy (non-hydrogen) atoms. The highest BCUT2D eigenvalue weighted by Crippen LogP contribution is 2.27. The molecule has 3 heteroatoms. The fraction of sp³-hybridized carbons (Fsp3) is 0.778. The summed E-state index contributed by atoms with van der Waals surface area (Å²) in [5.74, 6) is 5.92. The first-order chi connectivity index (χ1) is 5.83. The van der Waals surface area contributed by atoms with Gasteiger partial charge in [-0.2, -0.15) is 0 Å². The smallest absolute Gasteiger partial charge is 0.0310 e. The van der Waals surface area contributed by atoms with Gasteiger partial charge in [-0.3, -0.25) is 5.84 Å². The van der Waals surface area contributed by atoms with Crippen LogP contribution in [0.1, 0.15) is 38.5 Å². The van der Waals surface area contributed by atoms with Gasteiger partial charge in [-0.25, -0.2) is 0 Å². The van der Waals surface area contributed by atoms with Crippen molar-refractivity contribution in [1.29, 1.82) is 0 Å². The van der Waals surface area contributed by atoms with E-state index in [0.717, 1.165) is 18.0 Å². The van der Waals surface area contributed by atoms with Gasteiger partial charge in [0.15, 0.2) is 0 Å². The third-order valence-electron chi connectivity index (χ3n) is 2.52. The summed E-state index contributed by atoms with van der Waals surface area (Å²) < 4.78 is 0. The summed E-state index contributed by atoms with van der Waals surface area (Å²) in [6, 6.07) is 0. The maximum atomic E-state index is 5.73. The average molecular weight is 169 g/mol. The molecule has 1 fully saturated rings. The van der Waals surface area contributed by atoms with Gasteiger partial charge in [-0.15, -0.1) is 0 Å². The molecule has 0 radical (unpaired) electrons. The Kier molecular flexibility index (Phi) is 3.94. The quantitative estimate of drug-likeness (QED) is 0.439. The second-order valence-electron chi connectivity index (χ2n) is 3.59. The molecule has 0 aromatic rings. The van der Waals surface area contributed by atoms with E-state index in [-0.39, 0.29) is 0 Å². The van der Waals surface area contributed by atoms with E-state index in [1.54, 1.807) is 6.20 Å². The van der Waals surface area contributed by atoms with Crippen molar-refractivity contribution < 1.29 is 0 Å². The van der Waals surface area contributed by atoms with E-state index in [9.17, 15) is 0 Å². The number of rotatable bonds is 3. The van der Waals surface area contributed by atoms with Gasteiger partial charge in [0.2, 0.25) is 0 Å². The van der Waals surface area contributed by atoms with Crippen molar-refractivity contribution in [2.24, 2.45) is 17.5 Å². The lowest BCUT2D eigenvalue weighted by Crippen LogP contribution is -2.18. The molecular formula is C9H19N3. The summed E-state index contributed by atoms with van der Waals surface area (Å²) >= 11 is 0. The molecule has 3 nitrogen and oxygen atoms in total. The van der Waals surface area contributed by atoms with Gasteiger partial charge in [-0.05, 0) is 12.3 Å². The first kappa shape index (κ1) is 9.39. The average Bonchev–Trinajstić information content (AvgIpc) is 2.06. The molecule has 0 aromatic carbocycles. The van der Waals surface area contributed by atoms with E-state index in [4.69, 9.17) is 11.6 Å². The van der Waals surface area contributed by atoms with Gasteiger partial charge < -0.3 is 11.2 Å². The van der Waals surface area contributed by atoms with E-state index in [1.165, 1.54) is 32.1 Å². The van der Waals surface area contributed by atoms with E-state index in [1.807, 2.05) is 0 Å². The van der Waals surface area contributed by atoms with Crippen LogP contribution in [0.25, 0.3) is 0 Å². The van der Waals surface area contributed by atoms with Crippen molar-refractivity contribution in [2.45, 2.75) is 38.5 Å². The number of nitrogens with two attached hydrogens (primary N) is 2. The summed E-state index contributed by atoms with van der Waals surface area (Å²) in [5, 5.41) is 0. The van der Waals surface area contributed by atoms with Gasteiger partial charge in [0.25, 0.3) is 0 Å². The molecule has 0 spiro atoms. The van der Waals surface area contributed by atoms with E-state index >= 15 is 0 Å². The van der Waals surface area contributed by atoms with Crippen LogP contribution in [-0.4, -0.2) is 0 Å². The van der Waals surface area contributed by atoms with Gasteiger partial charge >= 0.3 is 0 Å². The minimum absolute atomic E-state index is 0.795. The first-order valence-electron chi connectivity index (χ1n) is 4.73. The van der Waals surface area contributed by atoms with Crippen LogP contribution in [-0.2, 0) is 0 Å². The Hall–Kier alpha value is -0.700. The van der Waals surface area contributed by atoms with Crippen molar-refractivity contribution in [1.82, 2.24) is 5.43 Å². The standard InChI is InChI=1S/C9H19N3/c10-9(7-12-11)6-8-4-2-1-3-5-8/h7-8,12H,1-6,10-11H2/b9-7-. The normalized spacial score (nSPS) is 20.9. The third kappa shape index (κ3) is 3.13. The Morgan fingerprint density at radius 3 is 2.58 bits per heavy atom. The zero-order valence-electron chi connectivity index (χ0n) is 7.55. The SMILES string of the molecule is NN/C=C(\N)CC1CCCCC1. The summed E-state index contributed by atoms with van der Waals surface area (Å²) in [7, 11) is 0. The highest BCUT2D eigenvalue weighted by molar-refractivity contribution is 4.95. The first-order valence-corrected chi connectivity index (χ1v) is 4.73. The van der Waals surface area contributed by atoms with Crippen LogP contribution in [0.4, 0.5) is 0 Å². The van der Waals surface area contributed by atoms with Gasteiger partial charge in [0.05, 0.1) is 0 Å². The fourth-order valence-corrected chi connectivity index (χ4v) is 1.89. The summed E-state index contributed by atoms with van der Waals surface area (Å²) in [6.07, 6.45) is 9.49. The lowest BCUT2D eigenvalue weighted by atomic mass is 9.86. The second kappa shape index (κ2) is 5.04. The minimum atomic E-state index is 0.795. The third-order valence-corrected chi connectivity index (χ3v) is 2.52. The predicted molar refractivity (Wildman–Crippen MR) is 50.8 cm³/mol. The Labute approximate surface area is 74.2 Å². The maximum Gasteiger partial charge on any atom is 0.0310 e. The summed E-state index contributed by atoms with van der Waals surface area (Å²) in [6.45, 7) is 0. The number of hydrazine groups is 1. The minimum Gasteiger partial charge on any atom is -0.401 e. The van der Waals surface area contributed by atoms with Crippen LogP contribution in [0, 0.1) is 5.92 Å². The van der Waals surface area contributed by atoms with Crippen LogP contribution in [0.2, 0.25) is 0 Å². The second-order valence-corrected chi connectivity index (χ2v) is 3.59. The van der Waals surface area contributed by atoms with Crippen molar-refractivity contribution >= 4 is 0 Å². The number of hydrogen-bond acceptors (Lipinski definition) is 3. The zero-order chi connectivity index (χ0) is 8.81. The molecule has 1 saturated carbocycles. The van der Waals surface area contributed by atoms with Gasteiger partial charge in [-0.1, -0.05) is 32.1 Å². The summed E-state index contributed by atoms with van der Waals surface area (Å²) in [5.41, 5.74) is 9.08. The topological polar surface area (TPSA) is 64.1 Å². The maximum absolute atomic E-state index is 5.73. The largest absolute Gasteiger partial charge is 0.401 e. The van der Waals surface area contributed by atoms with Gasteiger partial charge in [0, 0.05) is 11.9 Å². The molecule has 1 aliphatic carbocycles. The van der Waals surface area contributed by atoms with Crippen molar-refractivity contribution in [3.63, 3.8) is 0 Å². The van der Waals surface area contributed by atoms with E-state index in [0.29, 0.717) is 0 Å². The lowest BCUT2D eigenvalue weighted by Gasteiger charge is -2.21. The number of hydrogen-bond donors (Lipinski definition) is 3. The molecule has 70 valence electrons. The lowest BCUT2D eigenvalue weighted by molar-refractivity contribution is 0.354. The van der Waals surface area contributed by atoms with Crippen molar-refractivity contribution in [3.8, 4) is 0 Å². The summed E-state index contributed by atoms with van der Waals surface area (Å²) in [4.78, 5) is 0. The van der Waals surface area contributed by atoms with Crippen LogP contribution in [0.3, 0.4) is 0 Å². The van der Waals surface area contributed by atoms with Gasteiger partial charge in [0.1, 0.15) is 0 Å². The van der Waals surface area contributed by atoms with Crippen LogP contribution < -0.4 is 17.0 Å². The molecule has 0 unspecified atom stereocenters. The zero-order valence-corrected chi connectivity index (χ0v) is 7.55.